The summed E-state index contributed by atoms with van der Waals surface area (Å²) in [4.78, 5) is 9.01. The third-order valence-electron chi connectivity index (χ3n) is 1.41. The van der Waals surface area contributed by atoms with Crippen LogP contribution in [0.1, 0.15) is 0 Å². The van der Waals surface area contributed by atoms with Crippen molar-refractivity contribution in [1.29, 1.82) is 0 Å². The number of anilines is 1. The standard InChI is InChI=1S/C7H5F3N2O2S/c8-7(9,10)15-6-3-4(11)1-2-5(6)12(13)14/h1-3H,11H2. The van der Waals surface area contributed by atoms with Crippen LogP contribution in [0.15, 0.2) is 23.1 Å². The Morgan fingerprint density at radius 1 is 1.40 bits per heavy atom. The molecule has 15 heavy (non-hydrogen) atoms. The molecule has 0 unspecified atom stereocenters. The van der Waals surface area contributed by atoms with Crippen LogP contribution in [0.3, 0.4) is 0 Å². The molecule has 0 aliphatic heterocycles. The lowest BCUT2D eigenvalue weighted by molar-refractivity contribution is -0.387. The number of hydrogen-bond donors (Lipinski definition) is 1. The minimum atomic E-state index is -4.57. The molecule has 4 nitrogen and oxygen atoms in total. The highest BCUT2D eigenvalue weighted by Crippen LogP contribution is 2.41. The summed E-state index contributed by atoms with van der Waals surface area (Å²) in [5, 5.41) is 10.4. The van der Waals surface area contributed by atoms with Gasteiger partial charge in [-0.3, -0.25) is 10.1 Å². The monoisotopic (exact) mass is 238 g/mol. The summed E-state index contributed by atoms with van der Waals surface area (Å²) < 4.78 is 36.0. The van der Waals surface area contributed by atoms with E-state index in [9.17, 15) is 23.3 Å². The summed E-state index contributed by atoms with van der Waals surface area (Å²) in [5.74, 6) is 0. The van der Waals surface area contributed by atoms with Crippen LogP contribution in [-0.4, -0.2) is 10.4 Å². The number of nitro benzene ring substituents is 1. The molecule has 0 saturated heterocycles. The molecule has 0 aromatic heterocycles. The highest BCUT2D eigenvalue weighted by Gasteiger charge is 2.32. The Balaban J connectivity index is 3.13. The summed E-state index contributed by atoms with van der Waals surface area (Å²) in [5.41, 5.74) is 0.116. The first-order valence-electron chi connectivity index (χ1n) is 3.59. The molecular formula is C7H5F3N2O2S. The fourth-order valence-electron chi connectivity index (χ4n) is 0.888. The minimum absolute atomic E-state index is 0.0485. The molecule has 82 valence electrons. The van der Waals surface area contributed by atoms with Gasteiger partial charge in [-0.1, -0.05) is 0 Å². The third kappa shape index (κ3) is 3.31. The quantitative estimate of drug-likeness (QED) is 0.372. The predicted octanol–water partition coefficient (Wildman–Crippen LogP) is 2.79. The van der Waals surface area contributed by atoms with E-state index in [1.54, 1.807) is 0 Å². The lowest BCUT2D eigenvalue weighted by Crippen LogP contribution is -2.02. The molecule has 1 rings (SSSR count). The molecule has 0 aliphatic carbocycles. The summed E-state index contributed by atoms with van der Waals surface area (Å²) >= 11 is -0.552. The van der Waals surface area contributed by atoms with Crippen molar-refractivity contribution in [1.82, 2.24) is 0 Å². The van der Waals surface area contributed by atoms with Crippen LogP contribution in [0.5, 0.6) is 0 Å². The van der Waals surface area contributed by atoms with Crippen LogP contribution in [-0.2, 0) is 0 Å². The lowest BCUT2D eigenvalue weighted by Gasteiger charge is -2.06. The highest BCUT2D eigenvalue weighted by atomic mass is 32.2. The number of nitrogen functional groups attached to an aromatic ring is 1. The number of alkyl halides is 3. The molecule has 0 atom stereocenters. The average Bonchev–Trinajstić information content (AvgIpc) is 1.99. The number of thioether (sulfide) groups is 1. The Labute approximate surface area is 86.4 Å². The van der Waals surface area contributed by atoms with Gasteiger partial charge in [0, 0.05) is 11.8 Å². The normalized spacial score (nSPS) is 11.4. The van der Waals surface area contributed by atoms with E-state index in [0.29, 0.717) is 0 Å². The molecule has 0 heterocycles. The van der Waals surface area contributed by atoms with Crippen LogP contribution in [0.2, 0.25) is 0 Å². The van der Waals surface area contributed by atoms with Gasteiger partial charge >= 0.3 is 5.51 Å². The van der Waals surface area contributed by atoms with Gasteiger partial charge < -0.3 is 5.73 Å². The molecule has 0 spiro atoms. The van der Waals surface area contributed by atoms with E-state index in [0.717, 1.165) is 12.1 Å². The Morgan fingerprint density at radius 2 is 2.00 bits per heavy atom. The Bertz CT molecular complexity index is 394. The second-order valence-corrected chi connectivity index (χ2v) is 3.64. The van der Waals surface area contributed by atoms with Gasteiger partial charge in [-0.2, -0.15) is 13.2 Å². The maximum atomic E-state index is 12.0. The van der Waals surface area contributed by atoms with Gasteiger partial charge in [-0.25, -0.2) is 0 Å². The summed E-state index contributed by atoms with van der Waals surface area (Å²) in [7, 11) is 0. The predicted molar refractivity (Wildman–Crippen MR) is 49.4 cm³/mol. The highest BCUT2D eigenvalue weighted by molar-refractivity contribution is 8.00. The molecule has 8 heteroatoms. The Kier molecular flexibility index (Phi) is 3.08. The second-order valence-electron chi connectivity index (χ2n) is 2.53. The van der Waals surface area contributed by atoms with Crippen molar-refractivity contribution in [3.8, 4) is 0 Å². The van der Waals surface area contributed by atoms with E-state index >= 15 is 0 Å². The topological polar surface area (TPSA) is 69.2 Å². The molecule has 2 N–H and O–H groups in total. The van der Waals surface area contributed by atoms with E-state index in [1.165, 1.54) is 6.07 Å². The van der Waals surface area contributed by atoms with Crippen molar-refractivity contribution >= 4 is 23.1 Å². The van der Waals surface area contributed by atoms with Gasteiger partial charge in [0.05, 0.1) is 9.82 Å². The van der Waals surface area contributed by atoms with Crippen molar-refractivity contribution < 1.29 is 18.1 Å². The molecule has 0 radical (unpaired) electrons. The summed E-state index contributed by atoms with van der Waals surface area (Å²) in [6, 6.07) is 3.05. The number of nitro groups is 1. The molecule has 0 aliphatic rings. The zero-order chi connectivity index (χ0) is 11.6. The van der Waals surface area contributed by atoms with Crippen LogP contribution in [0, 0.1) is 10.1 Å². The van der Waals surface area contributed by atoms with E-state index in [4.69, 9.17) is 5.73 Å². The van der Waals surface area contributed by atoms with Gasteiger partial charge in [0.25, 0.3) is 5.69 Å². The average molecular weight is 238 g/mol. The van der Waals surface area contributed by atoms with Crippen LogP contribution < -0.4 is 5.73 Å². The first-order valence-corrected chi connectivity index (χ1v) is 4.41. The van der Waals surface area contributed by atoms with Gasteiger partial charge in [0.2, 0.25) is 0 Å². The van der Waals surface area contributed by atoms with E-state index < -0.39 is 32.8 Å². The largest absolute Gasteiger partial charge is 0.446 e. The van der Waals surface area contributed by atoms with E-state index in [2.05, 4.69) is 0 Å². The molecule has 1 aromatic rings. The summed E-state index contributed by atoms with van der Waals surface area (Å²) in [6.07, 6.45) is 0. The van der Waals surface area contributed by atoms with Crippen molar-refractivity contribution in [2.75, 3.05) is 5.73 Å². The van der Waals surface area contributed by atoms with Crippen molar-refractivity contribution in [3.63, 3.8) is 0 Å². The van der Waals surface area contributed by atoms with Gasteiger partial charge in [0.15, 0.2) is 0 Å². The van der Waals surface area contributed by atoms with Crippen LogP contribution >= 0.6 is 11.8 Å². The number of benzene rings is 1. The Hall–Kier alpha value is -1.44. The van der Waals surface area contributed by atoms with Crippen LogP contribution in [0.25, 0.3) is 0 Å². The van der Waals surface area contributed by atoms with Crippen molar-refractivity contribution in [2.45, 2.75) is 10.4 Å². The fourth-order valence-corrected chi connectivity index (χ4v) is 1.58. The first-order chi connectivity index (χ1) is 6.79. The second kappa shape index (κ2) is 3.97. The molecular weight excluding hydrogens is 233 g/mol. The SMILES string of the molecule is Nc1ccc([N+](=O)[O-])c(SC(F)(F)F)c1. The maximum Gasteiger partial charge on any atom is 0.446 e. The Morgan fingerprint density at radius 3 is 2.47 bits per heavy atom. The number of nitrogens with two attached hydrogens (primary N) is 1. The van der Waals surface area contributed by atoms with Gasteiger partial charge in [-0.05, 0) is 23.9 Å². The minimum Gasteiger partial charge on any atom is -0.399 e. The molecule has 1 aromatic carbocycles. The third-order valence-corrected chi connectivity index (χ3v) is 2.18. The zero-order valence-corrected chi connectivity index (χ0v) is 7.93. The number of nitrogens with zero attached hydrogens (tertiary/aromatic N) is 1. The fraction of sp³-hybridized carbons (Fsp3) is 0.143. The molecule has 0 bridgehead atoms. The number of halogens is 3. The molecule has 0 amide bonds. The molecule has 0 fully saturated rings. The smallest absolute Gasteiger partial charge is 0.399 e. The van der Waals surface area contributed by atoms with Crippen molar-refractivity contribution in [3.05, 3.63) is 28.3 Å². The van der Waals surface area contributed by atoms with Gasteiger partial charge in [0.1, 0.15) is 0 Å². The summed E-state index contributed by atoms with van der Waals surface area (Å²) in [6.45, 7) is 0. The zero-order valence-electron chi connectivity index (χ0n) is 7.12. The van der Waals surface area contributed by atoms with E-state index in [-0.39, 0.29) is 5.69 Å². The lowest BCUT2D eigenvalue weighted by atomic mass is 10.3. The first kappa shape index (κ1) is 11.6. The van der Waals surface area contributed by atoms with Crippen molar-refractivity contribution in [2.24, 2.45) is 0 Å². The number of hydrogen-bond acceptors (Lipinski definition) is 4. The number of rotatable bonds is 2. The van der Waals surface area contributed by atoms with Crippen LogP contribution in [0.4, 0.5) is 24.5 Å². The maximum absolute atomic E-state index is 12.0. The molecule has 0 saturated carbocycles. The van der Waals surface area contributed by atoms with Gasteiger partial charge in [-0.15, -0.1) is 0 Å². The van der Waals surface area contributed by atoms with E-state index in [1.807, 2.05) is 0 Å².